The third kappa shape index (κ3) is 2.94. The molecule has 5 heteroatoms. The largest absolute Gasteiger partial charge is 0.497 e. The summed E-state index contributed by atoms with van der Waals surface area (Å²) in [6.07, 6.45) is 0.784. The summed E-state index contributed by atoms with van der Waals surface area (Å²) in [6, 6.07) is 7.85. The minimum atomic E-state index is -0.108. The first kappa shape index (κ1) is 14.8. The zero-order valence-electron chi connectivity index (χ0n) is 12.1. The van der Waals surface area contributed by atoms with E-state index >= 15 is 0 Å². The molecule has 20 heavy (non-hydrogen) atoms. The Labute approximate surface area is 120 Å². The Morgan fingerprint density at radius 1 is 1.55 bits per heavy atom. The Bertz CT molecular complexity index is 464. The van der Waals surface area contributed by atoms with Crippen LogP contribution in [-0.2, 0) is 4.79 Å². The third-order valence-electron chi connectivity index (χ3n) is 3.86. The molecule has 0 spiro atoms. The molecule has 1 aromatic carbocycles. The minimum Gasteiger partial charge on any atom is -0.497 e. The van der Waals surface area contributed by atoms with Crippen LogP contribution in [0.5, 0.6) is 5.75 Å². The van der Waals surface area contributed by atoms with Crippen LogP contribution in [0.25, 0.3) is 0 Å². The molecule has 0 bridgehead atoms. The Kier molecular flexibility index (Phi) is 4.98. The zero-order chi connectivity index (χ0) is 14.5. The lowest BCUT2D eigenvalue weighted by molar-refractivity contribution is -0.130. The van der Waals surface area contributed by atoms with Crippen molar-refractivity contribution in [3.63, 3.8) is 0 Å². The monoisotopic (exact) mass is 277 g/mol. The van der Waals surface area contributed by atoms with Gasteiger partial charge in [0.2, 0.25) is 5.91 Å². The topological polar surface area (TPSA) is 67.6 Å². The molecule has 0 aromatic heterocycles. The zero-order valence-corrected chi connectivity index (χ0v) is 12.1. The van der Waals surface area contributed by atoms with Crippen LogP contribution in [0.3, 0.4) is 0 Å². The normalized spacial score (nSPS) is 21.4. The number of hydrogen-bond donors (Lipinski definition) is 2. The number of nitrogens with one attached hydrogen (secondary N) is 1. The van der Waals surface area contributed by atoms with Gasteiger partial charge in [-0.2, -0.15) is 0 Å². The van der Waals surface area contributed by atoms with Gasteiger partial charge >= 0.3 is 0 Å². The van der Waals surface area contributed by atoms with Crippen LogP contribution >= 0.6 is 0 Å². The van der Waals surface area contributed by atoms with Crippen LogP contribution < -0.4 is 15.8 Å². The van der Waals surface area contributed by atoms with Gasteiger partial charge in [0.25, 0.3) is 0 Å². The van der Waals surface area contributed by atoms with Crippen LogP contribution in [0.15, 0.2) is 24.3 Å². The van der Waals surface area contributed by atoms with E-state index in [4.69, 9.17) is 10.5 Å². The summed E-state index contributed by atoms with van der Waals surface area (Å²) in [5.41, 5.74) is 7.07. The number of hydrogen-bond acceptors (Lipinski definition) is 4. The summed E-state index contributed by atoms with van der Waals surface area (Å²) >= 11 is 0. The lowest BCUT2D eigenvalue weighted by Crippen LogP contribution is -2.56. The van der Waals surface area contributed by atoms with E-state index in [1.165, 1.54) is 0 Å². The molecule has 2 unspecified atom stereocenters. The van der Waals surface area contributed by atoms with Gasteiger partial charge in [-0.05, 0) is 24.1 Å². The predicted octanol–water partition coefficient (Wildman–Crippen LogP) is 0.905. The molecule has 2 rings (SSSR count). The summed E-state index contributed by atoms with van der Waals surface area (Å²) in [5, 5.41) is 2.92. The lowest BCUT2D eigenvalue weighted by atomic mass is 10.00. The van der Waals surface area contributed by atoms with Crippen LogP contribution in [0, 0.1) is 0 Å². The Balaban J connectivity index is 2.27. The van der Waals surface area contributed by atoms with E-state index in [9.17, 15) is 4.79 Å². The molecule has 1 amide bonds. The lowest BCUT2D eigenvalue weighted by Gasteiger charge is -2.40. The molecule has 0 radical (unpaired) electrons. The van der Waals surface area contributed by atoms with Crippen molar-refractivity contribution < 1.29 is 9.53 Å². The van der Waals surface area contributed by atoms with Crippen LogP contribution in [-0.4, -0.2) is 43.6 Å². The van der Waals surface area contributed by atoms with Crippen molar-refractivity contribution in [2.24, 2.45) is 5.73 Å². The average molecular weight is 277 g/mol. The van der Waals surface area contributed by atoms with Gasteiger partial charge in [-0.3, -0.25) is 9.69 Å². The van der Waals surface area contributed by atoms with E-state index in [-0.39, 0.29) is 18.0 Å². The molecule has 1 aliphatic heterocycles. The van der Waals surface area contributed by atoms with Gasteiger partial charge in [0, 0.05) is 25.7 Å². The first-order valence-corrected chi connectivity index (χ1v) is 7.08. The summed E-state index contributed by atoms with van der Waals surface area (Å²) in [4.78, 5) is 14.2. The van der Waals surface area contributed by atoms with E-state index < -0.39 is 0 Å². The van der Waals surface area contributed by atoms with Gasteiger partial charge in [0.15, 0.2) is 0 Å². The Morgan fingerprint density at radius 3 is 3.00 bits per heavy atom. The van der Waals surface area contributed by atoms with Crippen molar-refractivity contribution in [3.05, 3.63) is 29.8 Å². The van der Waals surface area contributed by atoms with Crippen LogP contribution in [0.2, 0.25) is 0 Å². The molecule has 110 valence electrons. The summed E-state index contributed by atoms with van der Waals surface area (Å²) < 4.78 is 5.27. The van der Waals surface area contributed by atoms with Gasteiger partial charge in [0.05, 0.1) is 13.2 Å². The van der Waals surface area contributed by atoms with Crippen molar-refractivity contribution in [3.8, 4) is 5.75 Å². The van der Waals surface area contributed by atoms with Gasteiger partial charge in [-0.25, -0.2) is 0 Å². The molecule has 1 heterocycles. The fraction of sp³-hybridized carbons (Fsp3) is 0.533. The fourth-order valence-electron chi connectivity index (χ4n) is 2.84. The molecule has 0 aliphatic carbocycles. The second-order valence-corrected chi connectivity index (χ2v) is 4.98. The van der Waals surface area contributed by atoms with Gasteiger partial charge in [-0.1, -0.05) is 19.1 Å². The first-order valence-electron chi connectivity index (χ1n) is 7.08. The number of nitrogens with two attached hydrogens (primary N) is 1. The fourth-order valence-corrected chi connectivity index (χ4v) is 2.84. The Morgan fingerprint density at radius 2 is 2.35 bits per heavy atom. The summed E-state index contributed by atoms with van der Waals surface area (Å²) in [6.45, 7) is 4.01. The van der Waals surface area contributed by atoms with Gasteiger partial charge < -0.3 is 15.8 Å². The molecular weight excluding hydrogens is 254 g/mol. The maximum atomic E-state index is 12.0. The highest BCUT2D eigenvalue weighted by atomic mass is 16.5. The highest BCUT2D eigenvalue weighted by Gasteiger charge is 2.33. The number of benzene rings is 1. The van der Waals surface area contributed by atoms with Crippen molar-refractivity contribution >= 4 is 5.91 Å². The summed E-state index contributed by atoms with van der Waals surface area (Å²) in [5.74, 6) is 0.913. The standard InChI is InChI=1S/C15H23N3O2/c1-3-13-15(19)17-7-8-18(13)14(10-16)11-5-4-6-12(9-11)20-2/h4-6,9,13-14H,3,7-8,10,16H2,1-2H3,(H,17,19). The number of ether oxygens (including phenoxy) is 1. The number of carbonyl (C=O) groups is 1. The molecule has 1 aromatic rings. The highest BCUT2D eigenvalue weighted by Crippen LogP contribution is 2.27. The molecule has 5 nitrogen and oxygen atoms in total. The van der Waals surface area contributed by atoms with Gasteiger partial charge in [-0.15, -0.1) is 0 Å². The number of carbonyl (C=O) groups excluding carboxylic acids is 1. The van der Waals surface area contributed by atoms with E-state index in [0.29, 0.717) is 13.1 Å². The third-order valence-corrected chi connectivity index (χ3v) is 3.86. The van der Waals surface area contributed by atoms with Crippen LogP contribution in [0.4, 0.5) is 0 Å². The minimum absolute atomic E-state index is 0.0427. The summed E-state index contributed by atoms with van der Waals surface area (Å²) in [7, 11) is 1.65. The molecule has 1 aliphatic rings. The molecular formula is C15H23N3O2. The number of piperazine rings is 1. The number of rotatable bonds is 5. The second-order valence-electron chi connectivity index (χ2n) is 4.98. The molecule has 3 N–H and O–H groups in total. The molecule has 2 atom stereocenters. The van der Waals surface area contributed by atoms with E-state index in [0.717, 1.165) is 24.3 Å². The van der Waals surface area contributed by atoms with Crippen molar-refractivity contribution in [1.82, 2.24) is 10.2 Å². The Hall–Kier alpha value is -1.59. The number of nitrogens with zero attached hydrogens (tertiary/aromatic N) is 1. The van der Waals surface area contributed by atoms with E-state index in [1.807, 2.05) is 31.2 Å². The highest BCUT2D eigenvalue weighted by molar-refractivity contribution is 5.82. The van der Waals surface area contributed by atoms with Gasteiger partial charge in [0.1, 0.15) is 5.75 Å². The van der Waals surface area contributed by atoms with Crippen molar-refractivity contribution in [2.45, 2.75) is 25.4 Å². The number of amides is 1. The first-order chi connectivity index (χ1) is 9.71. The predicted molar refractivity (Wildman–Crippen MR) is 78.6 cm³/mol. The molecule has 0 saturated carbocycles. The van der Waals surface area contributed by atoms with Crippen molar-refractivity contribution in [2.75, 3.05) is 26.7 Å². The molecule has 1 saturated heterocycles. The van der Waals surface area contributed by atoms with E-state index in [1.54, 1.807) is 7.11 Å². The second kappa shape index (κ2) is 6.72. The smallest absolute Gasteiger partial charge is 0.237 e. The molecule has 1 fully saturated rings. The SMILES string of the molecule is CCC1C(=O)NCCN1C(CN)c1cccc(OC)c1. The maximum Gasteiger partial charge on any atom is 0.237 e. The quantitative estimate of drug-likeness (QED) is 0.839. The van der Waals surface area contributed by atoms with Crippen molar-refractivity contribution in [1.29, 1.82) is 0 Å². The average Bonchev–Trinajstić information content (AvgIpc) is 2.48. The van der Waals surface area contributed by atoms with E-state index in [2.05, 4.69) is 10.2 Å². The van der Waals surface area contributed by atoms with Crippen LogP contribution in [0.1, 0.15) is 24.9 Å². The number of methoxy groups -OCH3 is 1. The maximum absolute atomic E-state index is 12.0.